The molecule has 23 heavy (non-hydrogen) atoms. The fraction of sp³-hybridized carbons (Fsp3) is 0.385. The summed E-state index contributed by atoms with van der Waals surface area (Å²) in [6.07, 6.45) is -2.97. The first kappa shape index (κ1) is 19.1. The van der Waals surface area contributed by atoms with E-state index in [0.29, 0.717) is 6.54 Å². The third kappa shape index (κ3) is 4.29. The van der Waals surface area contributed by atoms with Crippen LogP contribution in [0.25, 0.3) is 0 Å². The van der Waals surface area contributed by atoms with Crippen LogP contribution < -0.4 is 17.0 Å². The predicted molar refractivity (Wildman–Crippen MR) is 83.6 cm³/mol. The smallest absolute Gasteiger partial charge is 0.320 e. The summed E-state index contributed by atoms with van der Waals surface area (Å²) in [6, 6.07) is 2.00. The number of carbonyl (C=O) groups is 1. The van der Waals surface area contributed by atoms with Gasteiger partial charge in [0.25, 0.3) is 5.91 Å². The predicted octanol–water partition coefficient (Wildman–Crippen LogP) is 1.89. The second-order valence-electron chi connectivity index (χ2n) is 4.51. The Morgan fingerprint density at radius 3 is 2.48 bits per heavy atom. The van der Waals surface area contributed by atoms with Crippen LogP contribution in [0.3, 0.4) is 0 Å². The van der Waals surface area contributed by atoms with Gasteiger partial charge in [0.15, 0.2) is 0 Å². The van der Waals surface area contributed by atoms with Gasteiger partial charge in [-0.1, -0.05) is 0 Å². The minimum atomic E-state index is -4.49. The molecule has 5 N–H and O–H groups in total. The molecule has 0 saturated heterocycles. The monoisotopic (exact) mass is 349 g/mol. The Morgan fingerprint density at radius 1 is 1.43 bits per heavy atom. The molecule has 0 fully saturated rings. The van der Waals surface area contributed by atoms with Gasteiger partial charge in [-0.25, -0.2) is 5.84 Å². The maximum absolute atomic E-state index is 13.0. The number of halogens is 3. The normalized spacial score (nSPS) is 12.2. The minimum Gasteiger partial charge on any atom is -0.320 e. The highest BCUT2D eigenvalue weighted by Crippen LogP contribution is 2.38. The summed E-state index contributed by atoms with van der Waals surface area (Å²) < 4.78 is 39.0. The summed E-state index contributed by atoms with van der Waals surface area (Å²) in [5.74, 6) is 10.0. The number of nitrogens with one attached hydrogen (secondary N) is 1. The first-order valence-electron chi connectivity index (χ1n) is 6.53. The van der Waals surface area contributed by atoms with Gasteiger partial charge in [0.2, 0.25) is 5.96 Å². The molecule has 10 heteroatoms. The van der Waals surface area contributed by atoms with Gasteiger partial charge in [-0.15, -0.1) is 16.9 Å². The van der Waals surface area contributed by atoms with Crippen molar-refractivity contribution in [2.45, 2.75) is 24.9 Å². The maximum atomic E-state index is 13.0. The molecule has 0 aliphatic rings. The largest absolute Gasteiger partial charge is 0.417 e. The molecule has 0 bridgehead atoms. The van der Waals surface area contributed by atoms with E-state index in [-0.39, 0.29) is 22.0 Å². The molecule has 6 nitrogen and oxygen atoms in total. The Morgan fingerprint density at radius 2 is 2.04 bits per heavy atom. The molecule has 0 aliphatic carbocycles. The Labute approximate surface area is 136 Å². The van der Waals surface area contributed by atoms with E-state index < -0.39 is 17.6 Å². The topological polar surface area (TPSA) is 96.7 Å². The fourth-order valence-corrected chi connectivity index (χ4v) is 2.74. The molecule has 0 heterocycles. The average Bonchev–Trinajstić information content (AvgIpc) is 2.50. The number of hydrazine groups is 1. The molecule has 0 saturated carbocycles. The molecule has 0 atom stereocenters. The zero-order chi connectivity index (χ0) is 17.8. The maximum Gasteiger partial charge on any atom is 0.417 e. The third-order valence-electron chi connectivity index (χ3n) is 3.12. The van der Waals surface area contributed by atoms with Crippen LogP contribution in [-0.4, -0.2) is 29.7 Å². The molecule has 0 unspecified atom stereocenters. The van der Waals surface area contributed by atoms with Crippen LogP contribution in [0.5, 0.6) is 0 Å². The van der Waals surface area contributed by atoms with Crippen LogP contribution in [0.1, 0.15) is 28.4 Å². The molecular weight excluding hydrogens is 331 g/mol. The average molecular weight is 349 g/mol. The van der Waals surface area contributed by atoms with Crippen molar-refractivity contribution in [2.75, 3.05) is 12.8 Å². The lowest BCUT2D eigenvalue weighted by atomic mass is 10.0. The quantitative estimate of drug-likeness (QED) is 0.255. The minimum absolute atomic E-state index is 0.00326. The van der Waals surface area contributed by atoms with E-state index in [2.05, 4.69) is 10.4 Å². The van der Waals surface area contributed by atoms with Crippen molar-refractivity contribution < 1.29 is 18.0 Å². The van der Waals surface area contributed by atoms with Crippen molar-refractivity contribution in [3.8, 4) is 0 Å². The van der Waals surface area contributed by atoms with Crippen molar-refractivity contribution in [1.29, 1.82) is 0 Å². The number of hydrogen-bond acceptors (Lipinski definition) is 5. The van der Waals surface area contributed by atoms with E-state index in [1.807, 2.05) is 0 Å². The fourth-order valence-electron chi connectivity index (χ4n) is 1.92. The van der Waals surface area contributed by atoms with Gasteiger partial charge in [-0.05, 0) is 37.8 Å². The Hall–Kier alpha value is -1.94. The number of carbonyl (C=O) groups excluding carboxylic acids is 1. The number of benzene rings is 1. The summed E-state index contributed by atoms with van der Waals surface area (Å²) in [5.41, 5.74) is -0.463. The lowest BCUT2D eigenvalue weighted by Gasteiger charge is -2.20. The highest BCUT2D eigenvalue weighted by atomic mass is 32.2. The molecule has 1 rings (SSSR count). The Balaban J connectivity index is 3.22. The van der Waals surface area contributed by atoms with Gasteiger partial charge >= 0.3 is 6.18 Å². The Kier molecular flexibility index (Phi) is 6.28. The zero-order valence-corrected chi connectivity index (χ0v) is 13.7. The SMILES string of the molecule is CCN(N)/C(=N\N)NC(=O)c1ccc(C(F)(F)F)c(SC)c1C. The molecular formula is C13H18F3N5OS. The first-order valence-corrected chi connectivity index (χ1v) is 7.76. The molecule has 0 radical (unpaired) electrons. The molecule has 0 aliphatic heterocycles. The van der Waals surface area contributed by atoms with E-state index in [0.717, 1.165) is 28.9 Å². The van der Waals surface area contributed by atoms with Crippen LogP contribution in [-0.2, 0) is 6.18 Å². The Bertz CT molecular complexity index is 618. The number of rotatable bonds is 3. The summed E-state index contributed by atoms with van der Waals surface area (Å²) in [6.45, 7) is 3.50. The number of thioether (sulfide) groups is 1. The van der Waals surface area contributed by atoms with Gasteiger partial charge in [0.05, 0.1) is 5.56 Å². The van der Waals surface area contributed by atoms with E-state index in [1.165, 1.54) is 13.2 Å². The molecule has 1 aromatic rings. The zero-order valence-electron chi connectivity index (χ0n) is 12.9. The van der Waals surface area contributed by atoms with E-state index in [9.17, 15) is 18.0 Å². The second kappa shape index (κ2) is 7.55. The molecule has 0 spiro atoms. The lowest BCUT2D eigenvalue weighted by molar-refractivity contribution is -0.139. The summed E-state index contributed by atoms with van der Waals surface area (Å²) in [4.78, 5) is 12.3. The number of nitrogens with zero attached hydrogens (tertiary/aromatic N) is 2. The van der Waals surface area contributed by atoms with Crippen molar-refractivity contribution in [3.05, 3.63) is 28.8 Å². The van der Waals surface area contributed by atoms with Crippen molar-refractivity contribution in [3.63, 3.8) is 0 Å². The molecule has 1 amide bonds. The van der Waals surface area contributed by atoms with E-state index in [1.54, 1.807) is 6.92 Å². The van der Waals surface area contributed by atoms with Crippen molar-refractivity contribution >= 4 is 23.6 Å². The van der Waals surface area contributed by atoms with Crippen LogP contribution in [0, 0.1) is 6.92 Å². The second-order valence-corrected chi connectivity index (χ2v) is 5.33. The summed E-state index contributed by atoms with van der Waals surface area (Å²) in [5, 5.41) is 6.84. The van der Waals surface area contributed by atoms with Crippen LogP contribution in [0.2, 0.25) is 0 Å². The number of alkyl halides is 3. The van der Waals surface area contributed by atoms with Gasteiger partial charge < -0.3 is 5.84 Å². The number of hydrogen-bond donors (Lipinski definition) is 3. The number of hydrazone groups is 1. The van der Waals surface area contributed by atoms with Gasteiger partial charge in [0, 0.05) is 17.0 Å². The number of amides is 1. The molecule has 128 valence electrons. The first-order chi connectivity index (χ1) is 10.7. The highest BCUT2D eigenvalue weighted by molar-refractivity contribution is 7.98. The standard InChI is InChI=1S/C13H18F3N5OS/c1-4-21(18)12(20-17)19-11(22)8-5-6-9(13(14,15)16)10(23-3)7(8)2/h5-6H,4,17-18H2,1-3H3,(H,19,20,22). The van der Waals surface area contributed by atoms with Gasteiger partial charge in [-0.2, -0.15) is 13.2 Å². The summed E-state index contributed by atoms with van der Waals surface area (Å²) in [7, 11) is 0. The van der Waals surface area contributed by atoms with E-state index in [4.69, 9.17) is 11.7 Å². The third-order valence-corrected chi connectivity index (χ3v) is 4.05. The highest BCUT2D eigenvalue weighted by Gasteiger charge is 2.34. The van der Waals surface area contributed by atoms with E-state index >= 15 is 0 Å². The van der Waals surface area contributed by atoms with Gasteiger partial charge in [0.1, 0.15) is 0 Å². The molecule has 1 aromatic carbocycles. The van der Waals surface area contributed by atoms with Crippen molar-refractivity contribution in [2.24, 2.45) is 16.8 Å². The van der Waals surface area contributed by atoms with Gasteiger partial charge in [-0.3, -0.25) is 15.1 Å². The number of guanidine groups is 1. The van der Waals surface area contributed by atoms with Crippen molar-refractivity contribution in [1.82, 2.24) is 10.3 Å². The van der Waals surface area contributed by atoms with Crippen LogP contribution in [0.4, 0.5) is 13.2 Å². The van der Waals surface area contributed by atoms with Crippen LogP contribution in [0.15, 0.2) is 22.1 Å². The molecule has 0 aromatic heterocycles. The number of nitrogens with two attached hydrogens (primary N) is 2. The summed E-state index contributed by atoms with van der Waals surface area (Å²) >= 11 is 0.926. The lowest BCUT2D eigenvalue weighted by Crippen LogP contribution is -2.48. The van der Waals surface area contributed by atoms with Crippen LogP contribution >= 0.6 is 11.8 Å².